The molecule has 2 aromatic rings. The topological polar surface area (TPSA) is 87.5 Å². The van der Waals surface area contributed by atoms with E-state index < -0.39 is 0 Å². The summed E-state index contributed by atoms with van der Waals surface area (Å²) in [5, 5.41) is 11.8. The summed E-state index contributed by atoms with van der Waals surface area (Å²) in [6, 6.07) is 11.0. The van der Waals surface area contributed by atoms with Crippen molar-refractivity contribution < 1.29 is 14.3 Å². The summed E-state index contributed by atoms with van der Waals surface area (Å²) < 4.78 is 10.5. The number of benzene rings is 1. The van der Waals surface area contributed by atoms with Gasteiger partial charge in [0.15, 0.2) is 0 Å². The summed E-state index contributed by atoms with van der Waals surface area (Å²) in [6.45, 7) is 1.50. The number of methoxy groups -OCH3 is 2. The number of piperidine rings is 1. The number of amides is 1. The molecule has 1 aromatic heterocycles. The summed E-state index contributed by atoms with van der Waals surface area (Å²) in [4.78, 5) is 19.1. The molecule has 1 N–H and O–H groups in total. The van der Waals surface area contributed by atoms with Gasteiger partial charge in [-0.3, -0.25) is 4.79 Å². The Balaban J connectivity index is 1.59. The van der Waals surface area contributed by atoms with E-state index in [0.29, 0.717) is 22.7 Å². The van der Waals surface area contributed by atoms with Gasteiger partial charge in [-0.05, 0) is 25.0 Å². The molecule has 1 aliphatic heterocycles. The lowest BCUT2D eigenvalue weighted by Gasteiger charge is -2.32. The zero-order valence-electron chi connectivity index (χ0n) is 15.4. The molecule has 2 heterocycles. The smallest absolute Gasteiger partial charge is 0.227 e. The van der Waals surface area contributed by atoms with Crippen molar-refractivity contribution in [3.05, 3.63) is 42.1 Å². The molecule has 7 heteroatoms. The van der Waals surface area contributed by atoms with Gasteiger partial charge in [0, 0.05) is 49.1 Å². The van der Waals surface area contributed by atoms with Crippen molar-refractivity contribution in [2.24, 2.45) is 5.92 Å². The Morgan fingerprint density at radius 3 is 2.37 bits per heavy atom. The summed E-state index contributed by atoms with van der Waals surface area (Å²) in [5.41, 5.74) is 1.20. The first-order chi connectivity index (χ1) is 13.1. The normalized spacial score (nSPS) is 14.3. The summed E-state index contributed by atoms with van der Waals surface area (Å²) >= 11 is 0. The highest BCUT2D eigenvalue weighted by Crippen LogP contribution is 2.28. The first-order valence-electron chi connectivity index (χ1n) is 8.78. The van der Waals surface area contributed by atoms with Gasteiger partial charge in [-0.15, -0.1) is 0 Å². The lowest BCUT2D eigenvalue weighted by Crippen LogP contribution is -2.38. The third-order valence-electron chi connectivity index (χ3n) is 4.69. The maximum Gasteiger partial charge on any atom is 0.227 e. The molecule has 0 spiro atoms. The largest absolute Gasteiger partial charge is 0.497 e. The third kappa shape index (κ3) is 4.47. The first kappa shape index (κ1) is 18.5. The highest BCUT2D eigenvalue weighted by molar-refractivity contribution is 5.93. The van der Waals surface area contributed by atoms with E-state index in [4.69, 9.17) is 14.7 Å². The second-order valence-corrected chi connectivity index (χ2v) is 6.37. The molecule has 1 fully saturated rings. The lowest BCUT2D eigenvalue weighted by atomic mass is 9.95. The number of nitrogens with one attached hydrogen (secondary N) is 1. The minimum absolute atomic E-state index is 0.00209. The SMILES string of the molecule is COc1cc(NC(=O)C2CCN(c3ccc(C#N)cn3)CC2)cc(OC)c1. The standard InChI is InChI=1S/C20H22N4O3/c1-26-17-9-16(10-18(11-17)27-2)23-20(25)15-5-7-24(8-6-15)19-4-3-14(12-21)13-22-19/h3-4,9-11,13,15H,5-8H2,1-2H3,(H,23,25). The molecule has 27 heavy (non-hydrogen) atoms. The Morgan fingerprint density at radius 2 is 1.85 bits per heavy atom. The van der Waals surface area contributed by atoms with Crippen LogP contribution in [-0.2, 0) is 4.79 Å². The van der Waals surface area contributed by atoms with Gasteiger partial charge in [0.1, 0.15) is 23.4 Å². The van der Waals surface area contributed by atoms with Crippen molar-refractivity contribution in [2.75, 3.05) is 37.5 Å². The third-order valence-corrected chi connectivity index (χ3v) is 4.69. The molecular weight excluding hydrogens is 344 g/mol. The fourth-order valence-electron chi connectivity index (χ4n) is 3.13. The number of anilines is 2. The van der Waals surface area contributed by atoms with Crippen LogP contribution < -0.4 is 19.7 Å². The van der Waals surface area contributed by atoms with Gasteiger partial charge in [-0.1, -0.05) is 0 Å². The molecule has 0 unspecified atom stereocenters. The Bertz CT molecular complexity index is 815. The average Bonchev–Trinajstić information content (AvgIpc) is 2.73. The number of nitrogens with zero attached hydrogens (tertiary/aromatic N) is 3. The Morgan fingerprint density at radius 1 is 1.19 bits per heavy atom. The van der Waals surface area contributed by atoms with Crippen molar-refractivity contribution in [1.29, 1.82) is 5.26 Å². The number of ether oxygens (including phenoxy) is 2. The molecule has 0 aliphatic carbocycles. The van der Waals surface area contributed by atoms with Gasteiger partial charge in [-0.2, -0.15) is 5.26 Å². The van der Waals surface area contributed by atoms with E-state index in [-0.39, 0.29) is 11.8 Å². The molecule has 0 bridgehead atoms. The van der Waals surface area contributed by atoms with Crippen molar-refractivity contribution in [2.45, 2.75) is 12.8 Å². The van der Waals surface area contributed by atoms with Gasteiger partial charge in [0.25, 0.3) is 0 Å². The van der Waals surface area contributed by atoms with Crippen LogP contribution in [0.15, 0.2) is 36.5 Å². The minimum Gasteiger partial charge on any atom is -0.497 e. The molecule has 1 saturated heterocycles. The van der Waals surface area contributed by atoms with Crippen LogP contribution in [0.1, 0.15) is 18.4 Å². The highest BCUT2D eigenvalue weighted by Gasteiger charge is 2.26. The molecule has 0 radical (unpaired) electrons. The second-order valence-electron chi connectivity index (χ2n) is 6.37. The van der Waals surface area contributed by atoms with Gasteiger partial charge < -0.3 is 19.7 Å². The number of hydrogen-bond donors (Lipinski definition) is 1. The molecule has 1 aliphatic rings. The molecule has 7 nitrogen and oxygen atoms in total. The van der Waals surface area contributed by atoms with E-state index in [9.17, 15) is 4.79 Å². The first-order valence-corrected chi connectivity index (χ1v) is 8.78. The summed E-state index contributed by atoms with van der Waals surface area (Å²) in [6.07, 6.45) is 3.06. The number of carbonyl (C=O) groups excluding carboxylic acids is 1. The molecule has 3 rings (SSSR count). The quantitative estimate of drug-likeness (QED) is 0.875. The Kier molecular flexibility index (Phi) is 5.77. The number of rotatable bonds is 5. The average molecular weight is 366 g/mol. The van der Waals surface area contributed by atoms with Crippen molar-refractivity contribution in [3.8, 4) is 17.6 Å². The summed E-state index contributed by atoms with van der Waals surface area (Å²) in [5.74, 6) is 2.04. The summed E-state index contributed by atoms with van der Waals surface area (Å²) in [7, 11) is 3.15. The van der Waals surface area contributed by atoms with Crippen molar-refractivity contribution >= 4 is 17.4 Å². The van der Waals surface area contributed by atoms with E-state index in [0.717, 1.165) is 31.7 Å². The molecule has 1 aromatic carbocycles. The molecule has 140 valence electrons. The van der Waals surface area contributed by atoms with Crippen LogP contribution in [0.2, 0.25) is 0 Å². The Labute approximate surface area is 158 Å². The molecular formula is C20H22N4O3. The lowest BCUT2D eigenvalue weighted by molar-refractivity contribution is -0.120. The monoisotopic (exact) mass is 366 g/mol. The van der Waals surface area contributed by atoms with Crippen molar-refractivity contribution in [3.63, 3.8) is 0 Å². The van der Waals surface area contributed by atoms with Crippen LogP contribution in [0.3, 0.4) is 0 Å². The van der Waals surface area contributed by atoms with Gasteiger partial charge in [0.05, 0.1) is 19.8 Å². The fraction of sp³-hybridized carbons (Fsp3) is 0.350. The van der Waals surface area contributed by atoms with Crippen LogP contribution in [0.25, 0.3) is 0 Å². The second kappa shape index (κ2) is 8.41. The zero-order valence-corrected chi connectivity index (χ0v) is 15.4. The van der Waals surface area contributed by atoms with Crippen LogP contribution in [0.4, 0.5) is 11.5 Å². The number of hydrogen-bond acceptors (Lipinski definition) is 6. The predicted molar refractivity (Wildman–Crippen MR) is 102 cm³/mol. The van der Waals surface area contributed by atoms with Crippen molar-refractivity contribution in [1.82, 2.24) is 4.98 Å². The number of nitriles is 1. The number of carbonyl (C=O) groups is 1. The fourth-order valence-corrected chi connectivity index (χ4v) is 3.13. The van der Waals surface area contributed by atoms with Crippen LogP contribution in [0.5, 0.6) is 11.5 Å². The van der Waals surface area contributed by atoms with E-state index in [1.165, 1.54) is 0 Å². The van der Waals surface area contributed by atoms with Crippen LogP contribution in [0, 0.1) is 17.2 Å². The Hall–Kier alpha value is -3.27. The molecule has 1 amide bonds. The van der Waals surface area contributed by atoms with Gasteiger partial charge in [0.2, 0.25) is 5.91 Å². The highest BCUT2D eigenvalue weighted by atomic mass is 16.5. The predicted octanol–water partition coefficient (Wildman–Crippen LogP) is 2.83. The van der Waals surface area contributed by atoms with Crippen LogP contribution in [-0.4, -0.2) is 38.2 Å². The zero-order chi connectivity index (χ0) is 19.2. The van der Waals surface area contributed by atoms with Crippen LogP contribution >= 0.6 is 0 Å². The van der Waals surface area contributed by atoms with E-state index >= 15 is 0 Å². The number of aromatic nitrogens is 1. The molecule has 0 saturated carbocycles. The maximum absolute atomic E-state index is 12.6. The molecule has 0 atom stereocenters. The minimum atomic E-state index is -0.0585. The van der Waals surface area contributed by atoms with E-state index in [1.807, 2.05) is 6.07 Å². The number of pyridine rings is 1. The van der Waals surface area contributed by atoms with Gasteiger partial charge in [-0.25, -0.2) is 4.98 Å². The van der Waals surface area contributed by atoms with E-state index in [2.05, 4.69) is 21.3 Å². The maximum atomic E-state index is 12.6. The van der Waals surface area contributed by atoms with E-state index in [1.54, 1.807) is 44.7 Å². The van der Waals surface area contributed by atoms with Gasteiger partial charge >= 0.3 is 0 Å².